The van der Waals surface area contributed by atoms with Crippen LogP contribution in [0.4, 0.5) is 15.8 Å². The van der Waals surface area contributed by atoms with Crippen LogP contribution in [0, 0.1) is 5.82 Å². The molecule has 1 amide bonds. The molecule has 3 nitrogen and oxygen atoms in total. The van der Waals surface area contributed by atoms with Gasteiger partial charge in [0.15, 0.2) is 0 Å². The van der Waals surface area contributed by atoms with Gasteiger partial charge in [-0.25, -0.2) is 4.39 Å². The van der Waals surface area contributed by atoms with Gasteiger partial charge in [0.25, 0.3) is 0 Å². The normalized spacial score (nSPS) is 13.7. The predicted octanol–water partition coefficient (Wildman–Crippen LogP) is 3.15. The van der Waals surface area contributed by atoms with Gasteiger partial charge in [-0.2, -0.15) is 0 Å². The molecule has 0 aromatic heterocycles. The number of fused-ring (bicyclic) bond motifs is 1. The Labute approximate surface area is 120 Å². The van der Waals surface area contributed by atoms with Crippen LogP contribution in [0.3, 0.4) is 0 Å². The van der Waals surface area contributed by atoms with E-state index in [2.05, 4.69) is 0 Å². The lowest BCUT2D eigenvalue weighted by Gasteiger charge is -2.19. The van der Waals surface area contributed by atoms with Crippen LogP contribution in [-0.4, -0.2) is 5.91 Å². The maximum absolute atomic E-state index is 13.3. The zero-order valence-corrected chi connectivity index (χ0v) is 11.3. The summed E-state index contributed by atoms with van der Waals surface area (Å²) in [4.78, 5) is 13.7. The summed E-state index contributed by atoms with van der Waals surface area (Å²) in [6.45, 7) is 0.246. The van der Waals surface area contributed by atoms with Gasteiger partial charge >= 0.3 is 0 Å². The van der Waals surface area contributed by atoms with Gasteiger partial charge in [-0.05, 0) is 41.5 Å². The number of nitrogens with zero attached hydrogens (tertiary/aromatic N) is 1. The van der Waals surface area contributed by atoms with E-state index in [-0.39, 0.29) is 18.3 Å². The van der Waals surface area contributed by atoms with Crippen molar-refractivity contribution in [1.82, 2.24) is 0 Å². The van der Waals surface area contributed by atoms with Crippen molar-refractivity contribution in [3.8, 4) is 0 Å². The number of hydrogen-bond donors (Lipinski definition) is 1. The number of carbonyl (C=O) groups is 1. The molecule has 0 spiro atoms. The van der Waals surface area contributed by atoms with E-state index >= 15 is 0 Å². The minimum absolute atomic E-state index is 0.0362. The van der Waals surface area contributed by atoms with Crippen LogP contribution in [0.1, 0.15) is 11.1 Å². The first-order valence-electron chi connectivity index (χ1n) is 6.17. The fraction of sp³-hybridized carbons (Fsp3) is 0.133. The van der Waals surface area contributed by atoms with E-state index in [0.29, 0.717) is 22.7 Å². The number of benzene rings is 2. The van der Waals surface area contributed by atoms with Gasteiger partial charge in [-0.15, -0.1) is 0 Å². The predicted molar refractivity (Wildman–Crippen MR) is 77.2 cm³/mol. The highest BCUT2D eigenvalue weighted by Gasteiger charge is 2.27. The lowest BCUT2D eigenvalue weighted by molar-refractivity contribution is -0.117. The number of carbonyl (C=O) groups excluding carboxylic acids is 1. The number of amides is 1. The number of hydrogen-bond acceptors (Lipinski definition) is 2. The molecule has 0 atom stereocenters. The maximum atomic E-state index is 13.3. The topological polar surface area (TPSA) is 46.3 Å². The van der Waals surface area contributed by atoms with Crippen LogP contribution in [0.25, 0.3) is 0 Å². The summed E-state index contributed by atoms with van der Waals surface area (Å²) in [7, 11) is 0. The molecule has 0 bridgehead atoms. The summed E-state index contributed by atoms with van der Waals surface area (Å²) >= 11 is 5.97. The first-order valence-corrected chi connectivity index (χ1v) is 6.55. The Morgan fingerprint density at radius 2 is 2.05 bits per heavy atom. The lowest BCUT2D eigenvalue weighted by Crippen LogP contribution is -2.26. The average molecular weight is 291 g/mol. The molecule has 2 aromatic carbocycles. The van der Waals surface area contributed by atoms with Gasteiger partial charge in [-0.3, -0.25) is 4.79 Å². The standard InChI is InChI=1S/C15H12ClFN2O/c16-11-2-1-9-6-15(20)19(14(9)7-11)8-10-5-12(17)3-4-13(10)18/h1-5,7H,6,8,18H2. The number of nitrogen functional groups attached to an aromatic ring is 1. The fourth-order valence-electron chi connectivity index (χ4n) is 2.39. The number of rotatable bonds is 2. The molecule has 20 heavy (non-hydrogen) atoms. The van der Waals surface area contributed by atoms with Gasteiger partial charge in [0, 0.05) is 16.4 Å². The summed E-state index contributed by atoms with van der Waals surface area (Å²) < 4.78 is 13.3. The summed E-state index contributed by atoms with van der Waals surface area (Å²) in [5.41, 5.74) is 8.58. The van der Waals surface area contributed by atoms with Gasteiger partial charge < -0.3 is 10.6 Å². The molecule has 0 fully saturated rings. The van der Waals surface area contributed by atoms with Crippen molar-refractivity contribution in [2.45, 2.75) is 13.0 Å². The maximum Gasteiger partial charge on any atom is 0.231 e. The molecule has 1 aliphatic heterocycles. The van der Waals surface area contributed by atoms with E-state index in [4.69, 9.17) is 17.3 Å². The highest BCUT2D eigenvalue weighted by atomic mass is 35.5. The highest BCUT2D eigenvalue weighted by molar-refractivity contribution is 6.31. The minimum atomic E-state index is -0.368. The number of nitrogens with two attached hydrogens (primary N) is 1. The molecule has 0 unspecified atom stereocenters. The Bertz CT molecular complexity index is 702. The molecule has 2 N–H and O–H groups in total. The number of anilines is 2. The monoisotopic (exact) mass is 290 g/mol. The van der Waals surface area contributed by atoms with E-state index in [1.165, 1.54) is 18.2 Å². The van der Waals surface area contributed by atoms with Crippen molar-refractivity contribution in [1.29, 1.82) is 0 Å². The average Bonchev–Trinajstić information content (AvgIpc) is 2.70. The first-order chi connectivity index (χ1) is 9.54. The Morgan fingerprint density at radius 1 is 1.25 bits per heavy atom. The summed E-state index contributed by atoms with van der Waals surface area (Å²) in [6, 6.07) is 9.50. The molecule has 1 heterocycles. The second-order valence-electron chi connectivity index (χ2n) is 4.77. The quantitative estimate of drug-likeness (QED) is 0.864. The van der Waals surface area contributed by atoms with Crippen molar-refractivity contribution in [2.75, 3.05) is 10.6 Å². The molecule has 102 valence electrons. The third-order valence-electron chi connectivity index (χ3n) is 3.41. The van der Waals surface area contributed by atoms with Crippen molar-refractivity contribution in [3.05, 3.63) is 58.4 Å². The molecular formula is C15H12ClFN2O. The third-order valence-corrected chi connectivity index (χ3v) is 3.65. The van der Waals surface area contributed by atoms with Crippen molar-refractivity contribution in [3.63, 3.8) is 0 Å². The zero-order chi connectivity index (χ0) is 14.3. The molecular weight excluding hydrogens is 279 g/mol. The van der Waals surface area contributed by atoms with Crippen LogP contribution in [0.2, 0.25) is 5.02 Å². The van der Waals surface area contributed by atoms with E-state index < -0.39 is 0 Å². The Hall–Kier alpha value is -2.07. The Balaban J connectivity index is 1.97. The van der Waals surface area contributed by atoms with Gasteiger partial charge in [0.2, 0.25) is 5.91 Å². The smallest absolute Gasteiger partial charge is 0.231 e. The third kappa shape index (κ3) is 2.23. The van der Waals surface area contributed by atoms with Crippen molar-refractivity contribution >= 4 is 28.9 Å². The lowest BCUT2D eigenvalue weighted by atomic mass is 10.1. The van der Waals surface area contributed by atoms with Gasteiger partial charge in [-0.1, -0.05) is 17.7 Å². The summed E-state index contributed by atoms with van der Waals surface area (Å²) in [5, 5.41) is 0.565. The number of halogens is 2. The fourth-order valence-corrected chi connectivity index (χ4v) is 2.55. The van der Waals surface area contributed by atoms with Crippen LogP contribution in [0.5, 0.6) is 0 Å². The van der Waals surface area contributed by atoms with Crippen molar-refractivity contribution < 1.29 is 9.18 Å². The molecule has 0 radical (unpaired) electrons. The second-order valence-corrected chi connectivity index (χ2v) is 5.21. The Kier molecular flexibility index (Phi) is 3.10. The van der Waals surface area contributed by atoms with Crippen LogP contribution in [-0.2, 0) is 17.8 Å². The van der Waals surface area contributed by atoms with E-state index in [1.807, 2.05) is 6.07 Å². The molecule has 3 rings (SSSR count). The molecule has 0 saturated heterocycles. The van der Waals surface area contributed by atoms with E-state index in [9.17, 15) is 9.18 Å². The molecule has 2 aromatic rings. The first kappa shape index (κ1) is 12.9. The minimum Gasteiger partial charge on any atom is -0.398 e. The largest absolute Gasteiger partial charge is 0.398 e. The van der Waals surface area contributed by atoms with Crippen LogP contribution < -0.4 is 10.6 Å². The highest BCUT2D eigenvalue weighted by Crippen LogP contribution is 2.33. The summed E-state index contributed by atoms with van der Waals surface area (Å²) in [6.07, 6.45) is 0.335. The van der Waals surface area contributed by atoms with Gasteiger partial charge in [0.1, 0.15) is 5.82 Å². The molecule has 5 heteroatoms. The molecule has 0 aliphatic carbocycles. The van der Waals surface area contributed by atoms with E-state index in [0.717, 1.165) is 11.3 Å². The molecule has 0 saturated carbocycles. The molecule has 1 aliphatic rings. The summed E-state index contributed by atoms with van der Waals surface area (Å²) in [5.74, 6) is -0.405. The van der Waals surface area contributed by atoms with Crippen LogP contribution in [0.15, 0.2) is 36.4 Å². The van der Waals surface area contributed by atoms with Gasteiger partial charge in [0.05, 0.1) is 13.0 Å². The van der Waals surface area contributed by atoms with E-state index in [1.54, 1.807) is 17.0 Å². The van der Waals surface area contributed by atoms with Crippen molar-refractivity contribution in [2.24, 2.45) is 0 Å². The van der Waals surface area contributed by atoms with Crippen LogP contribution >= 0.6 is 11.6 Å². The Morgan fingerprint density at radius 3 is 2.85 bits per heavy atom. The second kappa shape index (κ2) is 4.80. The SMILES string of the molecule is Nc1ccc(F)cc1CN1C(=O)Cc2ccc(Cl)cc21. The zero-order valence-electron chi connectivity index (χ0n) is 10.6.